The number of pyridine rings is 1. The van der Waals surface area contributed by atoms with E-state index in [4.69, 9.17) is 10.1 Å². The van der Waals surface area contributed by atoms with Crippen molar-refractivity contribution in [2.75, 3.05) is 37.7 Å². The molecule has 1 N–H and O–H groups in total. The number of carbonyl (C=O) groups is 1. The van der Waals surface area contributed by atoms with E-state index in [0.29, 0.717) is 12.1 Å². The molecular formula is C27H27FN4O2. The van der Waals surface area contributed by atoms with E-state index in [2.05, 4.69) is 26.5 Å². The van der Waals surface area contributed by atoms with Crippen LogP contribution in [0.2, 0.25) is 0 Å². The van der Waals surface area contributed by atoms with Crippen LogP contribution in [0.1, 0.15) is 21.5 Å². The van der Waals surface area contributed by atoms with Crippen LogP contribution in [0.3, 0.4) is 0 Å². The van der Waals surface area contributed by atoms with Gasteiger partial charge in [0.1, 0.15) is 18.1 Å². The first kappa shape index (κ1) is 22.3. The predicted molar refractivity (Wildman–Crippen MR) is 131 cm³/mol. The van der Waals surface area contributed by atoms with Crippen molar-refractivity contribution in [3.63, 3.8) is 0 Å². The molecule has 6 nitrogen and oxygen atoms in total. The predicted octanol–water partition coefficient (Wildman–Crippen LogP) is 3.72. The number of Topliss-reactive ketones (excluding diaryl/α,β-unsaturated/α-hetero) is 1. The molecule has 1 saturated heterocycles. The zero-order valence-electron chi connectivity index (χ0n) is 18.9. The Balaban J connectivity index is 1.22. The number of hydrogen-bond acceptors (Lipinski definition) is 5. The van der Waals surface area contributed by atoms with Gasteiger partial charge in [0.15, 0.2) is 5.78 Å². The molecule has 7 heteroatoms. The Kier molecular flexibility index (Phi) is 6.38. The Hall–Kier alpha value is -3.55. The van der Waals surface area contributed by atoms with Gasteiger partial charge in [-0.2, -0.15) is 0 Å². The van der Waals surface area contributed by atoms with Gasteiger partial charge in [-0.1, -0.05) is 36.4 Å². The number of hydrogen-bond donors (Lipinski definition) is 1. The van der Waals surface area contributed by atoms with Crippen LogP contribution >= 0.6 is 0 Å². The van der Waals surface area contributed by atoms with E-state index in [0.717, 1.165) is 60.6 Å². The number of aliphatic hydroxyl groups is 1. The minimum absolute atomic E-state index is 0.197. The molecule has 2 aromatic carbocycles. The van der Waals surface area contributed by atoms with Gasteiger partial charge in [0.25, 0.3) is 0 Å². The Morgan fingerprint density at radius 2 is 1.59 bits per heavy atom. The zero-order chi connectivity index (χ0) is 23.5. The fourth-order valence-corrected chi connectivity index (χ4v) is 4.46. The van der Waals surface area contributed by atoms with Gasteiger partial charge in [0.2, 0.25) is 0 Å². The number of rotatable bonds is 7. The first-order chi connectivity index (χ1) is 16.6. The minimum atomic E-state index is -0.475. The highest BCUT2D eigenvalue weighted by Crippen LogP contribution is 2.23. The summed E-state index contributed by atoms with van der Waals surface area (Å²) in [7, 11) is 0. The van der Waals surface area contributed by atoms with Crippen molar-refractivity contribution < 1.29 is 14.3 Å². The van der Waals surface area contributed by atoms with E-state index in [1.54, 1.807) is 12.1 Å². The highest BCUT2D eigenvalue weighted by molar-refractivity contribution is 5.96. The molecule has 2 aromatic heterocycles. The summed E-state index contributed by atoms with van der Waals surface area (Å²) in [6, 6.07) is 18.3. The standard InChI is InChI=1S/C27H27FN4O2/c28-24-7-3-20(4-8-24)17-30-11-13-31(14-12-30)25-15-23-9-10-32(27(23)29-16-25)18-21-1-5-22(6-2-21)26(34)19-33/h1-10,15-16,33H,11-14,17-19H2. The Bertz CT molecular complexity index is 1280. The third kappa shape index (κ3) is 4.85. The average Bonchev–Trinajstić information content (AvgIpc) is 3.27. The minimum Gasteiger partial charge on any atom is -0.388 e. The Morgan fingerprint density at radius 3 is 2.29 bits per heavy atom. The van der Waals surface area contributed by atoms with Gasteiger partial charge in [-0.05, 0) is 35.4 Å². The van der Waals surface area contributed by atoms with Crippen LogP contribution in [0.25, 0.3) is 11.0 Å². The molecule has 0 aliphatic carbocycles. The molecule has 5 rings (SSSR count). The van der Waals surface area contributed by atoms with Crippen LogP contribution in [0.15, 0.2) is 73.1 Å². The first-order valence-corrected chi connectivity index (χ1v) is 11.5. The number of nitrogens with zero attached hydrogens (tertiary/aromatic N) is 4. The number of piperazine rings is 1. The van der Waals surface area contributed by atoms with E-state index >= 15 is 0 Å². The summed E-state index contributed by atoms with van der Waals surface area (Å²) in [4.78, 5) is 21.1. The lowest BCUT2D eigenvalue weighted by atomic mass is 10.1. The quantitative estimate of drug-likeness (QED) is 0.428. The van der Waals surface area contributed by atoms with Gasteiger partial charge < -0.3 is 14.6 Å². The van der Waals surface area contributed by atoms with Crippen LogP contribution in [-0.4, -0.2) is 58.1 Å². The number of carbonyl (C=O) groups excluding carboxylic acids is 1. The summed E-state index contributed by atoms with van der Waals surface area (Å²) >= 11 is 0. The molecule has 0 spiro atoms. The normalized spacial score (nSPS) is 14.6. The van der Waals surface area contributed by atoms with Crippen LogP contribution in [0.4, 0.5) is 10.1 Å². The first-order valence-electron chi connectivity index (χ1n) is 11.5. The number of ketones is 1. The van der Waals surface area contributed by atoms with Crippen LogP contribution < -0.4 is 4.90 Å². The number of halogens is 1. The lowest BCUT2D eigenvalue weighted by molar-refractivity contribution is 0.0903. The highest BCUT2D eigenvalue weighted by Gasteiger charge is 2.18. The van der Waals surface area contributed by atoms with Crippen LogP contribution in [0.5, 0.6) is 0 Å². The molecule has 3 heterocycles. The third-order valence-corrected chi connectivity index (χ3v) is 6.42. The molecule has 0 unspecified atom stereocenters. The fourth-order valence-electron chi connectivity index (χ4n) is 4.46. The molecule has 1 fully saturated rings. The Morgan fingerprint density at radius 1 is 0.912 bits per heavy atom. The number of fused-ring (bicyclic) bond motifs is 1. The molecule has 34 heavy (non-hydrogen) atoms. The second-order valence-corrected chi connectivity index (χ2v) is 8.72. The number of anilines is 1. The lowest BCUT2D eigenvalue weighted by Gasteiger charge is -2.36. The number of benzene rings is 2. The molecule has 0 amide bonds. The number of aromatic nitrogens is 2. The summed E-state index contributed by atoms with van der Waals surface area (Å²) in [6.07, 6.45) is 3.98. The van der Waals surface area contributed by atoms with E-state index in [-0.39, 0.29) is 11.6 Å². The monoisotopic (exact) mass is 458 g/mol. The average molecular weight is 459 g/mol. The van der Waals surface area contributed by atoms with E-state index in [1.165, 1.54) is 12.1 Å². The third-order valence-electron chi connectivity index (χ3n) is 6.42. The van der Waals surface area contributed by atoms with Crippen LogP contribution in [0, 0.1) is 5.82 Å². The maximum absolute atomic E-state index is 13.1. The fraction of sp³-hybridized carbons (Fsp3) is 0.259. The smallest absolute Gasteiger partial charge is 0.188 e. The second-order valence-electron chi connectivity index (χ2n) is 8.72. The summed E-state index contributed by atoms with van der Waals surface area (Å²) < 4.78 is 15.2. The topological polar surface area (TPSA) is 61.6 Å². The molecule has 1 aliphatic heterocycles. The molecular weight excluding hydrogens is 431 g/mol. The van der Waals surface area contributed by atoms with Crippen molar-refractivity contribution >= 4 is 22.5 Å². The van der Waals surface area contributed by atoms with E-state index < -0.39 is 6.61 Å². The van der Waals surface area contributed by atoms with Gasteiger partial charge >= 0.3 is 0 Å². The van der Waals surface area contributed by atoms with Crippen molar-refractivity contribution in [1.82, 2.24) is 14.5 Å². The number of aliphatic hydroxyl groups excluding tert-OH is 1. The summed E-state index contributed by atoms with van der Waals surface area (Å²) in [5, 5.41) is 10.1. The molecule has 1 aliphatic rings. The summed E-state index contributed by atoms with van der Waals surface area (Å²) in [6.45, 7) is 4.77. The van der Waals surface area contributed by atoms with E-state index in [9.17, 15) is 9.18 Å². The van der Waals surface area contributed by atoms with Crippen LogP contribution in [-0.2, 0) is 13.1 Å². The van der Waals surface area contributed by atoms with Gasteiger partial charge in [0.05, 0.1) is 11.9 Å². The second kappa shape index (κ2) is 9.75. The molecule has 174 valence electrons. The lowest BCUT2D eigenvalue weighted by Crippen LogP contribution is -2.46. The molecule has 0 bridgehead atoms. The summed E-state index contributed by atoms with van der Waals surface area (Å²) in [5.41, 5.74) is 4.76. The maximum atomic E-state index is 13.1. The SMILES string of the molecule is O=C(CO)c1ccc(Cn2ccc3cc(N4CCN(Cc5ccc(F)cc5)CC4)cnc32)cc1. The largest absolute Gasteiger partial charge is 0.388 e. The maximum Gasteiger partial charge on any atom is 0.188 e. The van der Waals surface area contributed by atoms with Gasteiger partial charge in [-0.3, -0.25) is 9.69 Å². The molecule has 0 saturated carbocycles. The molecule has 4 aromatic rings. The van der Waals surface area contributed by atoms with Crippen molar-refractivity contribution in [2.45, 2.75) is 13.1 Å². The molecule has 0 atom stereocenters. The molecule has 0 radical (unpaired) electrons. The zero-order valence-corrected chi connectivity index (χ0v) is 18.9. The van der Waals surface area contributed by atoms with Crippen molar-refractivity contribution in [1.29, 1.82) is 0 Å². The highest BCUT2D eigenvalue weighted by atomic mass is 19.1. The van der Waals surface area contributed by atoms with Crippen molar-refractivity contribution in [2.24, 2.45) is 0 Å². The Labute approximate surface area is 197 Å². The van der Waals surface area contributed by atoms with Gasteiger partial charge in [0, 0.05) is 56.4 Å². The van der Waals surface area contributed by atoms with E-state index in [1.807, 2.05) is 36.7 Å². The summed E-state index contributed by atoms with van der Waals surface area (Å²) in [5.74, 6) is -0.471. The van der Waals surface area contributed by atoms with Crippen molar-refractivity contribution in [3.05, 3.63) is 95.6 Å². The van der Waals surface area contributed by atoms with Gasteiger partial charge in [-0.25, -0.2) is 9.37 Å². The van der Waals surface area contributed by atoms with Gasteiger partial charge in [-0.15, -0.1) is 0 Å². The van der Waals surface area contributed by atoms with Crippen molar-refractivity contribution in [3.8, 4) is 0 Å².